The lowest BCUT2D eigenvalue weighted by Gasteiger charge is -2.16. The zero-order valence-corrected chi connectivity index (χ0v) is 18.4. The van der Waals surface area contributed by atoms with Crippen molar-refractivity contribution in [3.8, 4) is 16.9 Å². The van der Waals surface area contributed by atoms with Crippen molar-refractivity contribution < 1.29 is 19.7 Å². The Morgan fingerprint density at radius 2 is 1.81 bits per heavy atom. The van der Waals surface area contributed by atoms with Gasteiger partial charge < -0.3 is 26.0 Å². The van der Waals surface area contributed by atoms with Crippen molar-refractivity contribution in [2.75, 3.05) is 11.9 Å². The van der Waals surface area contributed by atoms with Crippen molar-refractivity contribution >= 4 is 11.7 Å². The number of para-hydroxylation sites is 1. The Balaban J connectivity index is 1.91. The third-order valence-electron chi connectivity index (χ3n) is 5.00. The van der Waals surface area contributed by atoms with Gasteiger partial charge in [0, 0.05) is 17.3 Å². The standard InChI is InChI=1S/C26H30N2O4/c1-17(2)28-23-11-18(16-32-25-9-4-3-6-21(25)14-26(30)31)10-22(13-23)19-7-5-8-20(12-19)24(27)15-29/h3-13,17,24,28-29H,14-16,27H2,1-2H3,(H,30,31). The highest BCUT2D eigenvalue weighted by Gasteiger charge is 2.11. The van der Waals surface area contributed by atoms with Crippen LogP contribution in [0.25, 0.3) is 11.1 Å². The molecule has 6 heteroatoms. The molecule has 0 aliphatic heterocycles. The summed E-state index contributed by atoms with van der Waals surface area (Å²) in [4.78, 5) is 11.2. The maximum atomic E-state index is 11.2. The quantitative estimate of drug-likeness (QED) is 0.378. The summed E-state index contributed by atoms with van der Waals surface area (Å²) in [7, 11) is 0. The Bertz CT molecular complexity index is 1070. The second kappa shape index (κ2) is 10.8. The smallest absolute Gasteiger partial charge is 0.307 e. The fraction of sp³-hybridized carbons (Fsp3) is 0.269. The predicted molar refractivity (Wildman–Crippen MR) is 127 cm³/mol. The Hall–Kier alpha value is -3.35. The molecule has 1 atom stereocenters. The molecule has 32 heavy (non-hydrogen) atoms. The molecule has 0 heterocycles. The zero-order valence-electron chi connectivity index (χ0n) is 18.4. The van der Waals surface area contributed by atoms with E-state index in [0.29, 0.717) is 17.9 Å². The molecule has 0 spiro atoms. The number of hydrogen-bond acceptors (Lipinski definition) is 5. The van der Waals surface area contributed by atoms with Gasteiger partial charge in [0.2, 0.25) is 0 Å². The maximum Gasteiger partial charge on any atom is 0.307 e. The number of carboxylic acid groups (broad SMARTS) is 1. The van der Waals surface area contributed by atoms with Crippen LogP contribution in [0.15, 0.2) is 66.7 Å². The maximum absolute atomic E-state index is 11.2. The molecular formula is C26H30N2O4. The van der Waals surface area contributed by atoms with Crippen LogP contribution in [-0.2, 0) is 17.8 Å². The topological polar surface area (TPSA) is 105 Å². The summed E-state index contributed by atoms with van der Waals surface area (Å²) in [5, 5.41) is 22.0. The number of benzene rings is 3. The normalized spacial score (nSPS) is 11.9. The van der Waals surface area contributed by atoms with Crippen molar-refractivity contribution in [1.29, 1.82) is 0 Å². The molecule has 0 radical (unpaired) electrons. The van der Waals surface area contributed by atoms with Gasteiger partial charge in [-0.05, 0) is 66.4 Å². The second-order valence-corrected chi connectivity index (χ2v) is 8.10. The number of anilines is 1. The molecule has 0 aliphatic rings. The van der Waals surface area contributed by atoms with Gasteiger partial charge in [-0.15, -0.1) is 0 Å². The summed E-state index contributed by atoms with van der Waals surface area (Å²) in [5.41, 5.74) is 11.4. The van der Waals surface area contributed by atoms with E-state index in [9.17, 15) is 9.90 Å². The van der Waals surface area contributed by atoms with Gasteiger partial charge in [0.05, 0.1) is 19.1 Å². The van der Waals surface area contributed by atoms with Gasteiger partial charge in [-0.2, -0.15) is 0 Å². The van der Waals surface area contributed by atoms with Gasteiger partial charge in [0.25, 0.3) is 0 Å². The van der Waals surface area contributed by atoms with E-state index in [1.807, 2.05) is 36.4 Å². The average molecular weight is 435 g/mol. The largest absolute Gasteiger partial charge is 0.489 e. The van der Waals surface area contributed by atoms with Crippen LogP contribution in [0.3, 0.4) is 0 Å². The van der Waals surface area contributed by atoms with Crippen LogP contribution in [0, 0.1) is 0 Å². The molecule has 6 nitrogen and oxygen atoms in total. The lowest BCUT2D eigenvalue weighted by atomic mass is 9.98. The Kier molecular flexibility index (Phi) is 7.87. The Morgan fingerprint density at radius 3 is 2.53 bits per heavy atom. The van der Waals surface area contributed by atoms with Gasteiger partial charge in [-0.1, -0.05) is 36.4 Å². The van der Waals surface area contributed by atoms with Crippen LogP contribution >= 0.6 is 0 Å². The van der Waals surface area contributed by atoms with E-state index in [4.69, 9.17) is 15.6 Å². The van der Waals surface area contributed by atoms with Gasteiger partial charge >= 0.3 is 5.97 Å². The molecule has 5 N–H and O–H groups in total. The molecule has 0 bridgehead atoms. The molecule has 3 rings (SSSR count). The first kappa shape index (κ1) is 23.3. The van der Waals surface area contributed by atoms with E-state index in [2.05, 4.69) is 31.3 Å². The van der Waals surface area contributed by atoms with Gasteiger partial charge in [-0.3, -0.25) is 4.79 Å². The van der Waals surface area contributed by atoms with Crippen LogP contribution in [0.1, 0.15) is 36.6 Å². The SMILES string of the molecule is CC(C)Nc1cc(COc2ccccc2CC(=O)O)cc(-c2cccc(C(N)CO)c2)c1. The molecule has 1 unspecified atom stereocenters. The number of ether oxygens (including phenoxy) is 1. The molecule has 0 fully saturated rings. The minimum absolute atomic E-state index is 0.0890. The number of aliphatic hydroxyl groups is 1. The highest BCUT2D eigenvalue weighted by Crippen LogP contribution is 2.28. The molecule has 168 valence electrons. The number of rotatable bonds is 10. The first-order valence-corrected chi connectivity index (χ1v) is 10.7. The van der Waals surface area contributed by atoms with Crippen LogP contribution in [0.5, 0.6) is 5.75 Å². The van der Waals surface area contributed by atoms with Gasteiger partial charge in [0.1, 0.15) is 12.4 Å². The number of aliphatic hydroxyl groups excluding tert-OH is 1. The highest BCUT2D eigenvalue weighted by atomic mass is 16.5. The van der Waals surface area contributed by atoms with E-state index in [0.717, 1.165) is 27.9 Å². The summed E-state index contributed by atoms with van der Waals surface area (Å²) in [6, 6.07) is 21.0. The third kappa shape index (κ3) is 6.33. The predicted octanol–water partition coefficient (Wildman–Crippen LogP) is 4.37. The summed E-state index contributed by atoms with van der Waals surface area (Å²) < 4.78 is 6.01. The Labute approximate surface area is 188 Å². The van der Waals surface area contributed by atoms with Crippen molar-refractivity contribution in [3.63, 3.8) is 0 Å². The summed E-state index contributed by atoms with van der Waals surface area (Å²) >= 11 is 0. The van der Waals surface area contributed by atoms with Crippen molar-refractivity contribution in [3.05, 3.63) is 83.4 Å². The molecule has 0 saturated carbocycles. The number of carboxylic acids is 1. The average Bonchev–Trinajstić information content (AvgIpc) is 2.77. The van der Waals surface area contributed by atoms with Crippen molar-refractivity contribution in [2.24, 2.45) is 5.73 Å². The molecule has 3 aromatic rings. The third-order valence-corrected chi connectivity index (χ3v) is 5.00. The van der Waals surface area contributed by atoms with E-state index >= 15 is 0 Å². The molecule has 0 aromatic heterocycles. The second-order valence-electron chi connectivity index (χ2n) is 8.10. The first-order valence-electron chi connectivity index (χ1n) is 10.7. The van der Waals surface area contributed by atoms with Crippen LogP contribution in [-0.4, -0.2) is 28.8 Å². The van der Waals surface area contributed by atoms with Gasteiger partial charge in [-0.25, -0.2) is 0 Å². The molecular weight excluding hydrogens is 404 g/mol. The molecule has 0 amide bonds. The van der Waals surface area contributed by atoms with Crippen LogP contribution in [0.2, 0.25) is 0 Å². The molecule has 0 aliphatic carbocycles. The monoisotopic (exact) mass is 434 g/mol. The van der Waals surface area contributed by atoms with Crippen molar-refractivity contribution in [1.82, 2.24) is 0 Å². The van der Waals surface area contributed by atoms with Gasteiger partial charge in [0.15, 0.2) is 0 Å². The Morgan fingerprint density at radius 1 is 1.03 bits per heavy atom. The lowest BCUT2D eigenvalue weighted by molar-refractivity contribution is -0.136. The summed E-state index contributed by atoms with van der Waals surface area (Å²) in [5.74, 6) is -0.331. The fourth-order valence-corrected chi connectivity index (χ4v) is 3.53. The van der Waals surface area contributed by atoms with E-state index in [-0.39, 0.29) is 19.1 Å². The van der Waals surface area contributed by atoms with Crippen LogP contribution in [0.4, 0.5) is 5.69 Å². The lowest BCUT2D eigenvalue weighted by Crippen LogP contribution is -2.14. The number of aliphatic carboxylic acids is 1. The van der Waals surface area contributed by atoms with E-state index in [1.54, 1.807) is 18.2 Å². The number of nitrogens with one attached hydrogen (secondary N) is 1. The summed E-state index contributed by atoms with van der Waals surface area (Å²) in [6.45, 7) is 4.33. The highest BCUT2D eigenvalue weighted by molar-refractivity contribution is 5.71. The zero-order chi connectivity index (χ0) is 23.1. The number of hydrogen-bond donors (Lipinski definition) is 4. The van der Waals surface area contributed by atoms with E-state index < -0.39 is 12.0 Å². The van der Waals surface area contributed by atoms with Crippen LogP contribution < -0.4 is 15.8 Å². The minimum Gasteiger partial charge on any atom is -0.489 e. The van der Waals surface area contributed by atoms with E-state index in [1.165, 1.54) is 0 Å². The molecule has 0 saturated heterocycles. The van der Waals surface area contributed by atoms with Crippen molar-refractivity contribution in [2.45, 2.75) is 39.0 Å². The number of nitrogens with two attached hydrogens (primary N) is 1. The minimum atomic E-state index is -0.896. The first-order chi connectivity index (χ1) is 15.4. The fourth-order valence-electron chi connectivity index (χ4n) is 3.53. The number of carbonyl (C=O) groups is 1. The summed E-state index contributed by atoms with van der Waals surface area (Å²) in [6.07, 6.45) is -0.0890. The molecule has 3 aromatic carbocycles.